The molecule has 13 nitrogen and oxygen atoms in total. The number of nitriles is 4. The van der Waals surface area contributed by atoms with Crippen molar-refractivity contribution >= 4 is 84.7 Å². The number of hydrogen-bond acceptors (Lipinski definition) is 14. The number of aromatic nitrogens is 3. The van der Waals surface area contributed by atoms with E-state index < -0.39 is 29.2 Å². The van der Waals surface area contributed by atoms with Crippen LogP contribution in [0.1, 0.15) is 79.3 Å². The van der Waals surface area contributed by atoms with E-state index in [0.717, 1.165) is 27.2 Å². The molecule has 0 atom stereocenters. The quantitative estimate of drug-likeness (QED) is 0.144. The average molecular weight is 728 g/mol. The number of ether oxygens (including phenoxy) is 1. The highest BCUT2D eigenvalue weighted by Crippen LogP contribution is 2.40. The molecule has 2 aliphatic rings. The molecule has 3 aromatic carbocycles. The van der Waals surface area contributed by atoms with E-state index >= 15 is 0 Å². The van der Waals surface area contributed by atoms with Gasteiger partial charge in [0, 0.05) is 22.3 Å². The largest absolute Gasteiger partial charge is 0.444 e. The van der Waals surface area contributed by atoms with Crippen LogP contribution >= 0.6 is 22.7 Å². The summed E-state index contributed by atoms with van der Waals surface area (Å²) in [6, 6.07) is 21.2. The summed E-state index contributed by atoms with van der Waals surface area (Å²) in [5.74, 6) is -2.60. The standard InChI is InChI=1S/C38H13N7O6S2/c39-12-18-6-22-23(7-19(18)13-40)31(47)26(30(22)46)10-28-43-36-34(52-28)35-37(45(36)38(50)51-16-17-4-2-1-3-5-17)44-29(53-35)11-27-32(48)24-8-20(14-41)21(15-42)9-25(24)33(27)49/h1-11H,16H2. The molecule has 0 unspecified atom stereocenters. The number of hydrogen-bond donors (Lipinski definition) is 0. The molecule has 0 saturated carbocycles. The fourth-order valence-electron chi connectivity index (χ4n) is 6.05. The summed E-state index contributed by atoms with van der Waals surface area (Å²) < 4.78 is 7.61. The molecule has 15 heteroatoms. The highest BCUT2D eigenvalue weighted by atomic mass is 32.1. The van der Waals surface area contributed by atoms with Crippen LogP contribution in [0.15, 0.2) is 65.7 Å². The van der Waals surface area contributed by atoms with Crippen molar-refractivity contribution in [3.63, 3.8) is 0 Å². The molecule has 0 aliphatic heterocycles. The summed E-state index contributed by atoms with van der Waals surface area (Å²) in [5, 5.41) is 38.0. The van der Waals surface area contributed by atoms with Crippen molar-refractivity contribution in [3.8, 4) is 24.3 Å². The second-order valence-electron chi connectivity index (χ2n) is 11.6. The van der Waals surface area contributed by atoms with Crippen molar-refractivity contribution in [1.82, 2.24) is 14.5 Å². The molecule has 0 fully saturated rings. The zero-order chi connectivity index (χ0) is 37.1. The molecule has 53 heavy (non-hydrogen) atoms. The van der Waals surface area contributed by atoms with E-state index in [1.54, 1.807) is 24.3 Å². The molecule has 0 spiro atoms. The van der Waals surface area contributed by atoms with Gasteiger partial charge in [0.05, 0.1) is 42.8 Å². The molecule has 0 saturated heterocycles. The third-order valence-corrected chi connectivity index (χ3v) is 10.7. The Morgan fingerprint density at radius 3 is 1.38 bits per heavy atom. The lowest BCUT2D eigenvalue weighted by Crippen LogP contribution is -2.14. The van der Waals surface area contributed by atoms with Gasteiger partial charge < -0.3 is 4.74 Å². The van der Waals surface area contributed by atoms with Crippen molar-refractivity contribution < 1.29 is 28.7 Å². The van der Waals surface area contributed by atoms with Gasteiger partial charge in [0.15, 0.2) is 34.4 Å². The normalized spacial score (nSPS) is 13.1. The van der Waals surface area contributed by atoms with E-state index in [1.807, 2.05) is 30.3 Å². The van der Waals surface area contributed by atoms with Crippen LogP contribution in [0, 0.1) is 45.3 Å². The highest BCUT2D eigenvalue weighted by molar-refractivity contribution is 7.27. The van der Waals surface area contributed by atoms with Crippen molar-refractivity contribution in [2.24, 2.45) is 0 Å². The average Bonchev–Trinajstić information content (AvgIpc) is 3.95. The number of thiazole rings is 2. The number of Topliss-reactive ketones (excluding diaryl/α,β-unsaturated/α-hetero) is 4. The predicted molar refractivity (Wildman–Crippen MR) is 188 cm³/mol. The lowest BCUT2D eigenvalue weighted by Gasteiger charge is -2.06. The molecule has 3 aromatic heterocycles. The Morgan fingerprint density at radius 2 is 1.02 bits per heavy atom. The lowest BCUT2D eigenvalue weighted by atomic mass is 10.0. The Kier molecular flexibility index (Phi) is 7.53. The van der Waals surface area contributed by atoms with Crippen LogP contribution in [0.2, 0.25) is 0 Å². The van der Waals surface area contributed by atoms with Gasteiger partial charge >= 0.3 is 6.09 Å². The van der Waals surface area contributed by atoms with Crippen LogP contribution in [0.25, 0.3) is 32.8 Å². The molecule has 2 aliphatic carbocycles. The highest BCUT2D eigenvalue weighted by Gasteiger charge is 2.36. The van der Waals surface area contributed by atoms with Crippen LogP contribution in [0.3, 0.4) is 0 Å². The van der Waals surface area contributed by atoms with Gasteiger partial charge in [0.25, 0.3) is 0 Å². The maximum absolute atomic E-state index is 13.7. The van der Waals surface area contributed by atoms with Crippen molar-refractivity contribution in [1.29, 1.82) is 21.0 Å². The van der Waals surface area contributed by atoms with Crippen LogP contribution in [-0.2, 0) is 11.3 Å². The van der Waals surface area contributed by atoms with Gasteiger partial charge in [0.1, 0.15) is 40.9 Å². The minimum Gasteiger partial charge on any atom is -0.444 e. The summed E-state index contributed by atoms with van der Waals surface area (Å²) in [5.41, 5.74) is 0.247. The van der Waals surface area contributed by atoms with Gasteiger partial charge in [-0.25, -0.2) is 19.3 Å². The molecule has 248 valence electrons. The van der Waals surface area contributed by atoms with Gasteiger partial charge in [-0.3, -0.25) is 19.2 Å². The van der Waals surface area contributed by atoms with Crippen LogP contribution in [0.5, 0.6) is 0 Å². The Morgan fingerprint density at radius 1 is 0.642 bits per heavy atom. The Bertz CT molecular complexity index is 2710. The van der Waals surface area contributed by atoms with E-state index in [-0.39, 0.29) is 83.6 Å². The first-order valence-corrected chi connectivity index (χ1v) is 16.9. The molecule has 6 aromatic rings. The Balaban J connectivity index is 1.23. The molecule has 8 rings (SSSR count). The van der Waals surface area contributed by atoms with Gasteiger partial charge in [0.2, 0.25) is 0 Å². The molecule has 0 amide bonds. The Labute approximate surface area is 304 Å². The lowest BCUT2D eigenvalue weighted by molar-refractivity contribution is 0.0975. The fourth-order valence-corrected chi connectivity index (χ4v) is 8.16. The molecule has 3 heterocycles. The fraction of sp³-hybridized carbons (Fsp3) is 0.0263. The summed E-state index contributed by atoms with van der Waals surface area (Å²) in [6.45, 7) is -0.0871. The first kappa shape index (κ1) is 32.5. The van der Waals surface area contributed by atoms with Crippen molar-refractivity contribution in [2.75, 3.05) is 0 Å². The van der Waals surface area contributed by atoms with Crippen molar-refractivity contribution in [2.45, 2.75) is 6.61 Å². The van der Waals surface area contributed by atoms with Crippen LogP contribution in [0.4, 0.5) is 4.79 Å². The summed E-state index contributed by atoms with van der Waals surface area (Å²) in [7, 11) is 0. The monoisotopic (exact) mass is 727 g/mol. The number of rotatable bonds is 4. The van der Waals surface area contributed by atoms with Crippen molar-refractivity contribution in [3.05, 3.63) is 126 Å². The summed E-state index contributed by atoms with van der Waals surface area (Å²) in [6.07, 6.45) is 1.71. The second-order valence-corrected chi connectivity index (χ2v) is 13.6. The Hall–Kier alpha value is -7.69. The first-order chi connectivity index (χ1) is 25.6. The molecule has 0 bridgehead atoms. The van der Waals surface area contributed by atoms with E-state index in [1.165, 1.54) is 36.4 Å². The summed E-state index contributed by atoms with van der Waals surface area (Å²) >= 11 is 2.10. The van der Waals surface area contributed by atoms with Gasteiger partial charge in [-0.15, -0.1) is 22.7 Å². The van der Waals surface area contributed by atoms with E-state index in [2.05, 4.69) is 9.97 Å². The third kappa shape index (κ3) is 5.05. The topological polar surface area (TPSA) is 220 Å². The number of nitrogens with zero attached hydrogens (tertiary/aromatic N) is 7. The van der Waals surface area contributed by atoms with E-state index in [0.29, 0.717) is 15.0 Å². The number of carbonyl (C=O) groups is 5. The summed E-state index contributed by atoms with van der Waals surface area (Å²) in [4.78, 5) is 76.1. The van der Waals surface area contributed by atoms with E-state index in [4.69, 9.17) is 4.74 Å². The number of allylic oxidation sites excluding steroid dienone is 2. The smallest absolute Gasteiger partial charge is 0.421 e. The SMILES string of the molecule is N#Cc1cc2c(cc1C#N)C(=O)C(=Cc1nc3c(s1)c1sc(C=C4C(=O)c5cc(C#N)c(C#N)cc5C4=O)nc1n3C(=O)OCc1ccccc1)C2=O. The number of ketones is 4. The molecule has 0 N–H and O–H groups in total. The molecular weight excluding hydrogens is 715 g/mol. The zero-order valence-corrected chi connectivity index (χ0v) is 28.1. The maximum atomic E-state index is 13.7. The number of benzene rings is 3. The van der Waals surface area contributed by atoms with Gasteiger partial charge in [-0.2, -0.15) is 21.0 Å². The van der Waals surface area contributed by atoms with Crippen LogP contribution < -0.4 is 0 Å². The number of carbonyl (C=O) groups excluding carboxylic acids is 5. The number of fused-ring (bicyclic) bond motifs is 5. The predicted octanol–water partition coefficient (Wildman–Crippen LogP) is 6.30. The first-order valence-electron chi connectivity index (χ1n) is 15.3. The minimum atomic E-state index is -0.843. The van der Waals surface area contributed by atoms with Gasteiger partial charge in [-0.05, 0) is 42.0 Å². The maximum Gasteiger partial charge on any atom is 0.421 e. The molecular formula is C38H13N7O6S2. The van der Waals surface area contributed by atoms with Gasteiger partial charge in [-0.1, -0.05) is 30.3 Å². The second kappa shape index (κ2) is 12.3. The van der Waals surface area contributed by atoms with Crippen LogP contribution in [-0.4, -0.2) is 43.8 Å². The zero-order valence-electron chi connectivity index (χ0n) is 26.5. The minimum absolute atomic E-state index is 0.0136. The third-order valence-electron chi connectivity index (χ3n) is 8.56. The van der Waals surface area contributed by atoms with E-state index in [9.17, 15) is 45.0 Å². The molecule has 0 radical (unpaired) electrons.